The molecule has 98 valence electrons. The van der Waals surface area contributed by atoms with Gasteiger partial charge in [0.1, 0.15) is 0 Å². The minimum atomic E-state index is 0.759. The molecule has 1 aromatic heterocycles. The van der Waals surface area contributed by atoms with E-state index in [4.69, 9.17) is 0 Å². The second-order valence-electron chi connectivity index (χ2n) is 5.55. The molecule has 1 N–H and O–H groups in total. The van der Waals surface area contributed by atoms with Crippen LogP contribution in [0.5, 0.6) is 0 Å². The van der Waals surface area contributed by atoms with E-state index in [-0.39, 0.29) is 0 Å². The minimum absolute atomic E-state index is 0.759. The van der Waals surface area contributed by atoms with Gasteiger partial charge in [-0.1, -0.05) is 6.42 Å². The van der Waals surface area contributed by atoms with Crippen LogP contribution in [0.2, 0.25) is 0 Å². The zero-order valence-electron chi connectivity index (χ0n) is 11.1. The molecule has 1 aliphatic carbocycles. The first-order chi connectivity index (χ1) is 8.85. The van der Waals surface area contributed by atoms with Crippen LogP contribution in [-0.2, 0) is 6.54 Å². The summed E-state index contributed by atoms with van der Waals surface area (Å²) in [4.78, 5) is 11.3. The van der Waals surface area contributed by atoms with Crippen LogP contribution in [0, 0.1) is 11.8 Å². The predicted molar refractivity (Wildman–Crippen MR) is 72.3 cm³/mol. The van der Waals surface area contributed by atoms with E-state index in [9.17, 15) is 0 Å². The van der Waals surface area contributed by atoms with Gasteiger partial charge in [-0.05, 0) is 37.7 Å². The fourth-order valence-corrected chi connectivity index (χ4v) is 3.42. The summed E-state index contributed by atoms with van der Waals surface area (Å²) in [5, 5.41) is 3.17. The van der Waals surface area contributed by atoms with Crippen LogP contribution in [0.1, 0.15) is 31.9 Å². The van der Waals surface area contributed by atoms with E-state index in [1.165, 1.54) is 32.4 Å². The summed E-state index contributed by atoms with van der Waals surface area (Å²) in [6.07, 6.45) is 6.18. The molecule has 0 spiro atoms. The number of rotatable bonds is 4. The van der Waals surface area contributed by atoms with Crippen molar-refractivity contribution in [2.75, 3.05) is 25.0 Å². The minimum Gasteiger partial charge on any atom is -0.354 e. The molecule has 0 aromatic carbocycles. The highest BCUT2D eigenvalue weighted by molar-refractivity contribution is 5.24. The molecule has 2 atom stereocenters. The van der Waals surface area contributed by atoms with Gasteiger partial charge < -0.3 is 5.32 Å². The highest BCUT2D eigenvalue weighted by Gasteiger charge is 2.35. The van der Waals surface area contributed by atoms with E-state index in [2.05, 4.69) is 27.1 Å². The lowest BCUT2D eigenvalue weighted by Gasteiger charge is -2.16. The molecule has 2 unspecified atom stereocenters. The lowest BCUT2D eigenvalue weighted by Crippen LogP contribution is -2.22. The SMILES string of the molecule is CCNc1nccc(CN2CC3CCCC3C2)n1. The van der Waals surface area contributed by atoms with Gasteiger partial charge in [0.15, 0.2) is 0 Å². The molecule has 0 amide bonds. The second kappa shape index (κ2) is 5.22. The van der Waals surface area contributed by atoms with Gasteiger partial charge in [-0.15, -0.1) is 0 Å². The van der Waals surface area contributed by atoms with E-state index in [1.54, 1.807) is 0 Å². The summed E-state index contributed by atoms with van der Waals surface area (Å²) in [6.45, 7) is 6.46. The van der Waals surface area contributed by atoms with Crippen LogP contribution < -0.4 is 5.32 Å². The molecule has 18 heavy (non-hydrogen) atoms. The Bertz CT molecular complexity index is 395. The van der Waals surface area contributed by atoms with Crippen LogP contribution >= 0.6 is 0 Å². The van der Waals surface area contributed by atoms with Crippen LogP contribution in [0.4, 0.5) is 5.95 Å². The molecule has 3 rings (SSSR count). The molecule has 4 nitrogen and oxygen atoms in total. The van der Waals surface area contributed by atoms with Crippen molar-refractivity contribution < 1.29 is 0 Å². The third-order valence-electron chi connectivity index (χ3n) is 4.24. The predicted octanol–water partition coefficient (Wildman–Crippen LogP) is 2.14. The van der Waals surface area contributed by atoms with E-state index in [1.807, 2.05) is 12.3 Å². The zero-order chi connectivity index (χ0) is 12.4. The van der Waals surface area contributed by atoms with Crippen molar-refractivity contribution in [3.05, 3.63) is 18.0 Å². The maximum atomic E-state index is 4.56. The third-order valence-corrected chi connectivity index (χ3v) is 4.24. The molecule has 0 radical (unpaired) electrons. The monoisotopic (exact) mass is 246 g/mol. The summed E-state index contributed by atoms with van der Waals surface area (Å²) in [6, 6.07) is 2.04. The molecule has 2 aliphatic rings. The maximum Gasteiger partial charge on any atom is 0.222 e. The van der Waals surface area contributed by atoms with Gasteiger partial charge in [-0.3, -0.25) is 4.90 Å². The van der Waals surface area contributed by atoms with Crippen molar-refractivity contribution in [3.8, 4) is 0 Å². The zero-order valence-corrected chi connectivity index (χ0v) is 11.1. The van der Waals surface area contributed by atoms with Crippen molar-refractivity contribution >= 4 is 5.95 Å². The number of hydrogen-bond donors (Lipinski definition) is 1. The first-order valence-corrected chi connectivity index (χ1v) is 7.13. The molecular weight excluding hydrogens is 224 g/mol. The summed E-state index contributed by atoms with van der Waals surface area (Å²) in [7, 11) is 0. The van der Waals surface area contributed by atoms with Gasteiger partial charge in [-0.25, -0.2) is 9.97 Å². The summed E-state index contributed by atoms with van der Waals surface area (Å²) < 4.78 is 0. The Morgan fingerprint density at radius 3 is 2.83 bits per heavy atom. The normalized spacial score (nSPS) is 27.4. The number of likely N-dealkylation sites (tertiary alicyclic amines) is 1. The van der Waals surface area contributed by atoms with Crippen LogP contribution in [0.3, 0.4) is 0 Å². The van der Waals surface area contributed by atoms with Crippen molar-refractivity contribution in [1.29, 1.82) is 0 Å². The average Bonchev–Trinajstić information content (AvgIpc) is 2.90. The Hall–Kier alpha value is -1.16. The van der Waals surface area contributed by atoms with Crippen molar-refractivity contribution in [2.45, 2.75) is 32.7 Å². The lowest BCUT2D eigenvalue weighted by atomic mass is 10.0. The number of nitrogens with zero attached hydrogens (tertiary/aromatic N) is 3. The summed E-state index contributed by atoms with van der Waals surface area (Å²) in [5.74, 6) is 2.68. The topological polar surface area (TPSA) is 41.1 Å². The molecule has 2 heterocycles. The molecule has 1 aliphatic heterocycles. The number of fused-ring (bicyclic) bond motifs is 1. The smallest absolute Gasteiger partial charge is 0.222 e. The van der Waals surface area contributed by atoms with Crippen LogP contribution in [0.15, 0.2) is 12.3 Å². The lowest BCUT2D eigenvalue weighted by molar-refractivity contribution is 0.300. The number of nitrogens with one attached hydrogen (secondary N) is 1. The Labute approximate surface area is 109 Å². The molecule has 1 aromatic rings. The fourth-order valence-electron chi connectivity index (χ4n) is 3.42. The van der Waals surface area contributed by atoms with Crippen molar-refractivity contribution in [1.82, 2.24) is 14.9 Å². The summed E-state index contributed by atoms with van der Waals surface area (Å²) in [5.41, 5.74) is 1.14. The Balaban J connectivity index is 1.61. The van der Waals surface area contributed by atoms with Gasteiger partial charge in [0.05, 0.1) is 5.69 Å². The first kappa shape index (κ1) is 11.9. The quantitative estimate of drug-likeness (QED) is 0.883. The maximum absolute atomic E-state index is 4.56. The average molecular weight is 246 g/mol. The van der Waals surface area contributed by atoms with Crippen LogP contribution in [0.25, 0.3) is 0 Å². The van der Waals surface area contributed by atoms with E-state index in [0.29, 0.717) is 0 Å². The molecule has 1 saturated carbocycles. The van der Waals surface area contributed by atoms with Crippen LogP contribution in [-0.4, -0.2) is 34.5 Å². The van der Waals surface area contributed by atoms with E-state index < -0.39 is 0 Å². The molecule has 1 saturated heterocycles. The van der Waals surface area contributed by atoms with Gasteiger partial charge in [0.25, 0.3) is 0 Å². The number of hydrogen-bond acceptors (Lipinski definition) is 4. The molecule has 2 fully saturated rings. The van der Waals surface area contributed by atoms with Gasteiger partial charge in [0.2, 0.25) is 5.95 Å². The fraction of sp³-hybridized carbons (Fsp3) is 0.714. The van der Waals surface area contributed by atoms with E-state index in [0.717, 1.165) is 36.6 Å². The molecule has 0 bridgehead atoms. The molecular formula is C14H22N4. The number of aromatic nitrogens is 2. The van der Waals surface area contributed by atoms with Crippen molar-refractivity contribution in [2.24, 2.45) is 11.8 Å². The van der Waals surface area contributed by atoms with E-state index >= 15 is 0 Å². The standard InChI is InChI=1S/C14H22N4/c1-2-15-14-16-7-6-13(17-14)10-18-8-11-4-3-5-12(11)9-18/h6-7,11-12H,2-5,8-10H2,1H3,(H,15,16,17). The molecule has 4 heteroatoms. The Kier molecular flexibility index (Phi) is 3.46. The van der Waals surface area contributed by atoms with Gasteiger partial charge in [-0.2, -0.15) is 0 Å². The Morgan fingerprint density at radius 1 is 1.33 bits per heavy atom. The first-order valence-electron chi connectivity index (χ1n) is 7.13. The second-order valence-corrected chi connectivity index (χ2v) is 5.55. The van der Waals surface area contributed by atoms with Gasteiger partial charge >= 0.3 is 0 Å². The highest BCUT2D eigenvalue weighted by atomic mass is 15.2. The number of anilines is 1. The summed E-state index contributed by atoms with van der Waals surface area (Å²) >= 11 is 0. The largest absolute Gasteiger partial charge is 0.354 e. The Morgan fingerprint density at radius 2 is 2.11 bits per heavy atom. The van der Waals surface area contributed by atoms with Gasteiger partial charge in [0, 0.05) is 32.4 Å². The highest BCUT2D eigenvalue weighted by Crippen LogP contribution is 2.37. The van der Waals surface area contributed by atoms with Crippen molar-refractivity contribution in [3.63, 3.8) is 0 Å². The third kappa shape index (κ3) is 2.48.